The van der Waals surface area contributed by atoms with Gasteiger partial charge in [0.15, 0.2) is 0 Å². The van der Waals surface area contributed by atoms with Crippen LogP contribution in [0.15, 0.2) is 0 Å². The summed E-state index contributed by atoms with van der Waals surface area (Å²) in [5.74, 6) is 0.485. The fourth-order valence-corrected chi connectivity index (χ4v) is 4.28. The first kappa shape index (κ1) is 13.3. The topological polar surface area (TPSA) is 58.6 Å². The molecule has 0 unspecified atom stereocenters. The highest BCUT2D eigenvalue weighted by Gasteiger charge is 2.32. The molecule has 2 heterocycles. The summed E-state index contributed by atoms with van der Waals surface area (Å²) in [6, 6.07) is 0.0476. The molecule has 2 fully saturated rings. The number of hydrogen-bond donors (Lipinski definition) is 1. The number of nitrogens with one attached hydrogen (secondary N) is 1. The summed E-state index contributed by atoms with van der Waals surface area (Å²) in [6.45, 7) is 4.53. The molecule has 5 nitrogen and oxygen atoms in total. The number of hydrogen-bond acceptors (Lipinski definition) is 4. The van der Waals surface area contributed by atoms with E-state index in [0.717, 1.165) is 25.9 Å². The molecule has 3 atom stereocenters. The van der Waals surface area contributed by atoms with Gasteiger partial charge in [-0.2, -0.15) is 0 Å². The van der Waals surface area contributed by atoms with Gasteiger partial charge in [-0.3, -0.25) is 0 Å². The van der Waals surface area contributed by atoms with Crippen molar-refractivity contribution in [1.82, 2.24) is 9.62 Å². The Balaban J connectivity index is 1.88. The molecule has 0 aromatic carbocycles. The van der Waals surface area contributed by atoms with Gasteiger partial charge < -0.3 is 9.64 Å². The first-order valence-corrected chi connectivity index (χ1v) is 7.91. The molecule has 100 valence electrons. The summed E-state index contributed by atoms with van der Waals surface area (Å²) in [6.07, 6.45) is 1.73. The lowest BCUT2D eigenvalue weighted by molar-refractivity contribution is 0.127. The normalized spacial score (nSPS) is 35.5. The number of likely N-dealkylation sites (N-methyl/N-ethyl adjacent to an activating group) is 1. The van der Waals surface area contributed by atoms with Crippen molar-refractivity contribution in [2.75, 3.05) is 32.5 Å². The molecule has 2 saturated heterocycles. The van der Waals surface area contributed by atoms with Crippen molar-refractivity contribution in [3.8, 4) is 0 Å². The van der Waals surface area contributed by atoms with Crippen LogP contribution in [0.1, 0.15) is 19.8 Å². The Bertz CT molecular complexity index is 352. The first-order valence-electron chi connectivity index (χ1n) is 6.26. The zero-order valence-corrected chi connectivity index (χ0v) is 11.4. The second-order valence-electron chi connectivity index (χ2n) is 5.34. The van der Waals surface area contributed by atoms with E-state index in [1.165, 1.54) is 0 Å². The molecule has 2 rings (SSSR count). The Kier molecular flexibility index (Phi) is 4.07. The number of rotatable bonds is 4. The van der Waals surface area contributed by atoms with Gasteiger partial charge in [-0.25, -0.2) is 13.1 Å². The molecule has 1 N–H and O–H groups in total. The van der Waals surface area contributed by atoms with E-state index in [2.05, 4.69) is 16.5 Å². The lowest BCUT2D eigenvalue weighted by Crippen LogP contribution is -2.42. The summed E-state index contributed by atoms with van der Waals surface area (Å²) in [4.78, 5) is 2.16. The van der Waals surface area contributed by atoms with Crippen molar-refractivity contribution in [1.29, 1.82) is 0 Å². The molecule has 0 aromatic heterocycles. The molecular weight excluding hydrogens is 240 g/mol. The number of ether oxygens (including phenoxy) is 1. The molecule has 0 amide bonds. The Morgan fingerprint density at radius 3 is 2.71 bits per heavy atom. The number of nitrogens with zero attached hydrogens (tertiary/aromatic N) is 1. The lowest BCUT2D eigenvalue weighted by Gasteiger charge is -2.18. The molecule has 0 bridgehead atoms. The molecule has 0 radical (unpaired) electrons. The SMILES string of the molecule is C[C@@H]1CN(C)C[C@H]1NS(=O)(=O)C[C@H]1CCCO1. The maximum Gasteiger partial charge on any atom is 0.214 e. The van der Waals surface area contributed by atoms with E-state index in [-0.39, 0.29) is 17.9 Å². The molecule has 0 saturated carbocycles. The second kappa shape index (κ2) is 5.22. The highest BCUT2D eigenvalue weighted by Crippen LogP contribution is 2.17. The van der Waals surface area contributed by atoms with Crippen molar-refractivity contribution >= 4 is 10.0 Å². The fraction of sp³-hybridized carbons (Fsp3) is 1.00. The van der Waals surface area contributed by atoms with Crippen LogP contribution in [0.2, 0.25) is 0 Å². The Morgan fingerprint density at radius 1 is 1.41 bits per heavy atom. The van der Waals surface area contributed by atoms with Crippen molar-refractivity contribution in [3.63, 3.8) is 0 Å². The molecule has 0 aromatic rings. The average Bonchev–Trinajstić information content (AvgIpc) is 2.76. The second-order valence-corrected chi connectivity index (χ2v) is 7.14. The van der Waals surface area contributed by atoms with E-state index < -0.39 is 10.0 Å². The van der Waals surface area contributed by atoms with Crippen LogP contribution in [0, 0.1) is 5.92 Å². The van der Waals surface area contributed by atoms with Gasteiger partial charge in [0.05, 0.1) is 11.9 Å². The Morgan fingerprint density at radius 2 is 2.18 bits per heavy atom. The summed E-state index contributed by atoms with van der Waals surface area (Å²) in [5.41, 5.74) is 0. The van der Waals surface area contributed by atoms with Crippen LogP contribution < -0.4 is 4.72 Å². The van der Waals surface area contributed by atoms with E-state index in [4.69, 9.17) is 4.74 Å². The molecule has 2 aliphatic rings. The average molecular weight is 262 g/mol. The lowest BCUT2D eigenvalue weighted by atomic mass is 10.1. The smallest absolute Gasteiger partial charge is 0.214 e. The van der Waals surface area contributed by atoms with Gasteiger partial charge in [0.2, 0.25) is 10.0 Å². The molecular formula is C11H22N2O3S. The Labute approximate surface area is 104 Å². The Hall–Kier alpha value is -0.170. The summed E-state index contributed by atoms with van der Waals surface area (Å²) < 4.78 is 32.2. The van der Waals surface area contributed by atoms with Crippen LogP contribution >= 0.6 is 0 Å². The minimum absolute atomic E-state index is 0.0476. The third-order valence-corrected chi connectivity index (χ3v) is 5.03. The van der Waals surface area contributed by atoms with Crippen LogP contribution in [0.4, 0.5) is 0 Å². The molecule has 6 heteroatoms. The number of likely N-dealkylation sites (tertiary alicyclic amines) is 1. The van der Waals surface area contributed by atoms with Gasteiger partial charge >= 0.3 is 0 Å². The van der Waals surface area contributed by atoms with Crippen LogP contribution in [-0.2, 0) is 14.8 Å². The standard InChI is InChI=1S/C11H22N2O3S/c1-9-6-13(2)7-11(9)12-17(14,15)8-10-4-3-5-16-10/h9-12H,3-8H2,1-2H3/t9-,10-,11-/m1/s1. The summed E-state index contributed by atoms with van der Waals surface area (Å²) >= 11 is 0. The highest BCUT2D eigenvalue weighted by atomic mass is 32.2. The van der Waals surface area contributed by atoms with E-state index in [1.807, 2.05) is 7.05 Å². The van der Waals surface area contributed by atoms with Crippen molar-refractivity contribution < 1.29 is 13.2 Å². The molecule has 0 spiro atoms. The van der Waals surface area contributed by atoms with Crippen LogP contribution in [0.5, 0.6) is 0 Å². The van der Waals surface area contributed by atoms with Gasteiger partial charge in [0.1, 0.15) is 0 Å². The van der Waals surface area contributed by atoms with Gasteiger partial charge in [0.25, 0.3) is 0 Å². The van der Waals surface area contributed by atoms with E-state index in [9.17, 15) is 8.42 Å². The number of sulfonamides is 1. The minimum atomic E-state index is -3.21. The third kappa shape index (κ3) is 3.64. The van der Waals surface area contributed by atoms with Crippen molar-refractivity contribution in [2.24, 2.45) is 5.92 Å². The van der Waals surface area contributed by atoms with Gasteiger partial charge in [-0.05, 0) is 25.8 Å². The van der Waals surface area contributed by atoms with E-state index in [0.29, 0.717) is 12.5 Å². The summed E-state index contributed by atoms with van der Waals surface area (Å²) in [7, 11) is -1.19. The van der Waals surface area contributed by atoms with Gasteiger partial charge in [0, 0.05) is 25.7 Å². The van der Waals surface area contributed by atoms with Crippen LogP contribution in [0.3, 0.4) is 0 Å². The maximum atomic E-state index is 12.0. The molecule has 2 aliphatic heterocycles. The quantitative estimate of drug-likeness (QED) is 0.777. The predicted molar refractivity (Wildman–Crippen MR) is 66.3 cm³/mol. The largest absolute Gasteiger partial charge is 0.377 e. The van der Waals surface area contributed by atoms with Crippen LogP contribution in [-0.4, -0.2) is 58.0 Å². The van der Waals surface area contributed by atoms with Crippen molar-refractivity contribution in [3.05, 3.63) is 0 Å². The molecule has 0 aliphatic carbocycles. The van der Waals surface area contributed by atoms with Crippen molar-refractivity contribution in [2.45, 2.75) is 31.9 Å². The predicted octanol–water partition coefficient (Wildman–Crippen LogP) is 0.0349. The van der Waals surface area contributed by atoms with Crippen LogP contribution in [0.25, 0.3) is 0 Å². The van der Waals surface area contributed by atoms with E-state index in [1.54, 1.807) is 0 Å². The van der Waals surface area contributed by atoms with Gasteiger partial charge in [-0.15, -0.1) is 0 Å². The zero-order chi connectivity index (χ0) is 12.5. The monoisotopic (exact) mass is 262 g/mol. The van der Waals surface area contributed by atoms with Gasteiger partial charge in [-0.1, -0.05) is 6.92 Å². The first-order chi connectivity index (χ1) is 7.96. The highest BCUT2D eigenvalue weighted by molar-refractivity contribution is 7.89. The van der Waals surface area contributed by atoms with E-state index >= 15 is 0 Å². The maximum absolute atomic E-state index is 12.0. The summed E-state index contributed by atoms with van der Waals surface area (Å²) in [5, 5.41) is 0. The molecule has 17 heavy (non-hydrogen) atoms. The minimum Gasteiger partial charge on any atom is -0.377 e. The fourth-order valence-electron chi connectivity index (χ4n) is 2.66. The zero-order valence-electron chi connectivity index (χ0n) is 10.6. The third-order valence-electron chi connectivity index (χ3n) is 3.56.